The highest BCUT2D eigenvalue weighted by Gasteiger charge is 2.34. The first-order valence-electron chi connectivity index (χ1n) is 8.02. The van der Waals surface area contributed by atoms with Crippen LogP contribution in [0.1, 0.15) is 74.2 Å². The zero-order valence-electron chi connectivity index (χ0n) is 13.0. The lowest BCUT2D eigenvalue weighted by atomic mass is 9.65. The Labute approximate surface area is 126 Å². The maximum absolute atomic E-state index is 11.0. The average Bonchev–Trinajstić information content (AvgIpc) is 2.47. The van der Waals surface area contributed by atoms with E-state index in [9.17, 15) is 4.79 Å². The van der Waals surface area contributed by atoms with Crippen LogP contribution in [0.15, 0.2) is 35.4 Å². The maximum Gasteiger partial charge on any atom is 0.335 e. The Hall–Kier alpha value is -1.57. The second kappa shape index (κ2) is 5.32. The molecule has 1 N–H and O–H groups in total. The quantitative estimate of drug-likeness (QED) is 0.762. The molecule has 0 aliphatic heterocycles. The summed E-state index contributed by atoms with van der Waals surface area (Å²) in [7, 11) is 0. The summed E-state index contributed by atoms with van der Waals surface area (Å²) in [5.74, 6) is -0.285. The number of carboxylic acids is 1. The van der Waals surface area contributed by atoms with Crippen molar-refractivity contribution >= 4 is 5.97 Å². The highest BCUT2D eigenvalue weighted by atomic mass is 16.4. The molecule has 0 heterocycles. The van der Waals surface area contributed by atoms with E-state index in [-0.39, 0.29) is 0 Å². The van der Waals surface area contributed by atoms with Crippen LogP contribution < -0.4 is 0 Å². The van der Waals surface area contributed by atoms with Gasteiger partial charge in [-0.3, -0.25) is 0 Å². The van der Waals surface area contributed by atoms with Crippen LogP contribution in [-0.4, -0.2) is 11.1 Å². The number of hydrogen-bond donors (Lipinski definition) is 1. The minimum absolute atomic E-state index is 0.354. The molecular weight excluding hydrogens is 260 g/mol. The first-order chi connectivity index (χ1) is 9.97. The van der Waals surface area contributed by atoms with Gasteiger partial charge in [0, 0.05) is 0 Å². The van der Waals surface area contributed by atoms with E-state index in [1.807, 2.05) is 12.1 Å². The van der Waals surface area contributed by atoms with Crippen LogP contribution in [0.3, 0.4) is 0 Å². The summed E-state index contributed by atoms with van der Waals surface area (Å²) in [5, 5.41) is 9.00. The number of carboxylic acid groups (broad SMARTS) is 1. The van der Waals surface area contributed by atoms with Gasteiger partial charge in [0.2, 0.25) is 0 Å². The lowest BCUT2D eigenvalue weighted by molar-refractivity contribution is 0.0697. The van der Waals surface area contributed by atoms with Crippen molar-refractivity contribution in [2.24, 2.45) is 5.41 Å². The standard InChI is InChI=1S/C19H24O2/c1-19(2)11-3-4-14-7-10-16(12-17(14)19)13-5-8-15(9-6-13)18(20)21/h5-6,8-9,16H,3-4,7,10-12H2,1-2H3,(H,20,21). The number of rotatable bonds is 2. The summed E-state index contributed by atoms with van der Waals surface area (Å²) >= 11 is 0. The lowest BCUT2D eigenvalue weighted by Crippen LogP contribution is -2.25. The average molecular weight is 284 g/mol. The van der Waals surface area contributed by atoms with Crippen LogP contribution in [0.4, 0.5) is 0 Å². The number of carbonyl (C=O) groups is 1. The van der Waals surface area contributed by atoms with E-state index >= 15 is 0 Å². The minimum atomic E-state index is -0.844. The van der Waals surface area contributed by atoms with Crippen LogP contribution in [0, 0.1) is 5.41 Å². The summed E-state index contributed by atoms with van der Waals surface area (Å²) in [5.41, 5.74) is 5.44. The van der Waals surface area contributed by atoms with E-state index in [1.165, 1.54) is 37.7 Å². The number of allylic oxidation sites excluding steroid dienone is 2. The number of aromatic carboxylic acids is 1. The molecule has 2 aliphatic carbocycles. The minimum Gasteiger partial charge on any atom is -0.478 e. The van der Waals surface area contributed by atoms with Crippen LogP contribution in [0.25, 0.3) is 0 Å². The zero-order valence-corrected chi connectivity index (χ0v) is 13.0. The van der Waals surface area contributed by atoms with Crippen molar-refractivity contribution < 1.29 is 9.90 Å². The third-order valence-electron chi connectivity index (χ3n) is 5.40. The zero-order chi connectivity index (χ0) is 15.0. The lowest BCUT2D eigenvalue weighted by Gasteiger charge is -2.40. The summed E-state index contributed by atoms with van der Waals surface area (Å²) in [6.45, 7) is 4.77. The molecule has 2 aliphatic rings. The first-order valence-corrected chi connectivity index (χ1v) is 8.02. The van der Waals surface area contributed by atoms with E-state index in [4.69, 9.17) is 5.11 Å². The third-order valence-corrected chi connectivity index (χ3v) is 5.40. The van der Waals surface area contributed by atoms with Crippen molar-refractivity contribution in [2.75, 3.05) is 0 Å². The van der Waals surface area contributed by atoms with Crippen molar-refractivity contribution in [3.63, 3.8) is 0 Å². The largest absolute Gasteiger partial charge is 0.478 e. The molecule has 112 valence electrons. The van der Waals surface area contributed by atoms with Crippen LogP contribution >= 0.6 is 0 Å². The van der Waals surface area contributed by atoms with E-state index in [2.05, 4.69) is 13.8 Å². The number of hydrogen-bond acceptors (Lipinski definition) is 1. The third kappa shape index (κ3) is 2.76. The molecule has 1 atom stereocenters. The monoisotopic (exact) mass is 284 g/mol. The molecule has 0 saturated carbocycles. The smallest absolute Gasteiger partial charge is 0.335 e. The van der Waals surface area contributed by atoms with Gasteiger partial charge >= 0.3 is 5.97 Å². The van der Waals surface area contributed by atoms with E-state index in [0.717, 1.165) is 6.42 Å². The molecule has 0 bridgehead atoms. The van der Waals surface area contributed by atoms with Gasteiger partial charge in [-0.2, -0.15) is 0 Å². The highest BCUT2D eigenvalue weighted by molar-refractivity contribution is 5.87. The van der Waals surface area contributed by atoms with Crippen molar-refractivity contribution in [3.05, 3.63) is 46.5 Å². The molecule has 0 amide bonds. The Balaban J connectivity index is 1.83. The second-order valence-corrected chi connectivity index (χ2v) is 7.19. The topological polar surface area (TPSA) is 37.3 Å². The first kappa shape index (κ1) is 14.4. The Morgan fingerprint density at radius 2 is 1.90 bits per heavy atom. The van der Waals surface area contributed by atoms with Crippen molar-refractivity contribution in [3.8, 4) is 0 Å². The highest BCUT2D eigenvalue weighted by Crippen LogP contribution is 2.49. The Bertz CT molecular complexity index is 578. The van der Waals surface area contributed by atoms with Gasteiger partial charge < -0.3 is 5.11 Å². The van der Waals surface area contributed by atoms with E-state index in [1.54, 1.807) is 23.3 Å². The van der Waals surface area contributed by atoms with Crippen LogP contribution in [0.2, 0.25) is 0 Å². The van der Waals surface area contributed by atoms with Crippen LogP contribution in [-0.2, 0) is 0 Å². The fourth-order valence-corrected chi connectivity index (χ4v) is 4.10. The molecule has 3 rings (SSSR count). The molecule has 0 spiro atoms. The van der Waals surface area contributed by atoms with Gasteiger partial charge in [-0.25, -0.2) is 4.79 Å². The second-order valence-electron chi connectivity index (χ2n) is 7.19. The molecule has 0 saturated heterocycles. The number of benzene rings is 1. The normalized spacial score (nSPS) is 24.6. The molecule has 2 nitrogen and oxygen atoms in total. The molecule has 1 aromatic rings. The fraction of sp³-hybridized carbons (Fsp3) is 0.526. The molecule has 0 radical (unpaired) electrons. The van der Waals surface area contributed by atoms with Crippen molar-refractivity contribution in [2.45, 2.75) is 58.3 Å². The van der Waals surface area contributed by atoms with Gasteiger partial charge in [0.25, 0.3) is 0 Å². The SMILES string of the molecule is CC1(C)CCCC2=C1CC(c1ccc(C(=O)O)cc1)CC2. The van der Waals surface area contributed by atoms with Gasteiger partial charge in [-0.1, -0.05) is 37.1 Å². The van der Waals surface area contributed by atoms with Gasteiger partial charge in [0.1, 0.15) is 0 Å². The molecular formula is C19H24O2. The van der Waals surface area contributed by atoms with E-state index in [0.29, 0.717) is 16.9 Å². The fourth-order valence-electron chi connectivity index (χ4n) is 4.10. The van der Waals surface area contributed by atoms with Gasteiger partial charge in [-0.05, 0) is 67.6 Å². The van der Waals surface area contributed by atoms with Crippen molar-refractivity contribution in [1.29, 1.82) is 0 Å². The van der Waals surface area contributed by atoms with E-state index < -0.39 is 5.97 Å². The Morgan fingerprint density at radius 3 is 2.57 bits per heavy atom. The van der Waals surface area contributed by atoms with Gasteiger partial charge in [-0.15, -0.1) is 0 Å². The predicted molar refractivity (Wildman–Crippen MR) is 84.7 cm³/mol. The van der Waals surface area contributed by atoms with Crippen molar-refractivity contribution in [1.82, 2.24) is 0 Å². The van der Waals surface area contributed by atoms with Gasteiger partial charge in [0.05, 0.1) is 5.56 Å². The Morgan fingerprint density at radius 1 is 1.19 bits per heavy atom. The summed E-state index contributed by atoms with van der Waals surface area (Å²) < 4.78 is 0. The molecule has 21 heavy (non-hydrogen) atoms. The maximum atomic E-state index is 11.0. The molecule has 0 fully saturated rings. The molecule has 2 heteroatoms. The van der Waals surface area contributed by atoms with Crippen LogP contribution in [0.5, 0.6) is 0 Å². The molecule has 0 aromatic heterocycles. The van der Waals surface area contributed by atoms with Gasteiger partial charge in [0.15, 0.2) is 0 Å². The molecule has 1 aromatic carbocycles. The predicted octanol–water partition coefficient (Wildman–Crippen LogP) is 5.16. The summed E-state index contributed by atoms with van der Waals surface area (Å²) in [6, 6.07) is 7.51. The summed E-state index contributed by atoms with van der Waals surface area (Å²) in [4.78, 5) is 11.0. The summed E-state index contributed by atoms with van der Waals surface area (Å²) in [6.07, 6.45) is 7.53. The molecule has 1 unspecified atom stereocenters. The Kier molecular flexibility index (Phi) is 3.64.